The number of halogens is 1. The first-order valence-electron chi connectivity index (χ1n) is 5.94. The second kappa shape index (κ2) is 5.87. The van der Waals surface area contributed by atoms with E-state index in [0.717, 1.165) is 5.69 Å². The number of anilines is 2. The monoisotopic (exact) mass is 239 g/mol. The van der Waals surface area contributed by atoms with Gasteiger partial charge in [-0.3, -0.25) is 0 Å². The summed E-state index contributed by atoms with van der Waals surface area (Å²) in [5.74, 6) is -0.213. The summed E-state index contributed by atoms with van der Waals surface area (Å²) in [5, 5.41) is 3.14. The van der Waals surface area contributed by atoms with Gasteiger partial charge in [-0.15, -0.1) is 0 Å². The molecule has 0 saturated heterocycles. The average Bonchev–Trinajstić information content (AvgIpc) is 2.28. The van der Waals surface area contributed by atoms with Gasteiger partial charge in [-0.2, -0.15) is 0 Å². The van der Waals surface area contributed by atoms with E-state index in [1.807, 2.05) is 38.8 Å². The molecule has 0 amide bonds. The summed E-state index contributed by atoms with van der Waals surface area (Å²) >= 11 is 0. The Hall–Kier alpha value is -1.29. The van der Waals surface area contributed by atoms with Crippen molar-refractivity contribution < 1.29 is 4.39 Å². The molecule has 0 spiro atoms. The predicted octanol–water partition coefficient (Wildman–Crippen LogP) is 2.43. The third-order valence-corrected chi connectivity index (χ3v) is 2.87. The molecule has 3 nitrogen and oxygen atoms in total. The highest BCUT2D eigenvalue weighted by Crippen LogP contribution is 2.23. The van der Waals surface area contributed by atoms with Gasteiger partial charge in [0.25, 0.3) is 0 Å². The Bertz CT molecular complexity index is 366. The average molecular weight is 239 g/mol. The molecule has 0 radical (unpaired) electrons. The molecule has 0 aromatic heterocycles. The molecule has 1 aromatic carbocycles. The lowest BCUT2D eigenvalue weighted by Gasteiger charge is -2.24. The zero-order chi connectivity index (χ0) is 13.0. The van der Waals surface area contributed by atoms with Crippen LogP contribution in [-0.4, -0.2) is 25.7 Å². The molecule has 1 rings (SSSR count). The summed E-state index contributed by atoms with van der Waals surface area (Å²) in [4.78, 5) is 1.91. The fourth-order valence-corrected chi connectivity index (χ4v) is 1.50. The van der Waals surface area contributed by atoms with Crippen molar-refractivity contribution in [3.05, 3.63) is 24.0 Å². The van der Waals surface area contributed by atoms with Gasteiger partial charge in [0, 0.05) is 31.4 Å². The second-order valence-electron chi connectivity index (χ2n) is 4.65. The zero-order valence-electron chi connectivity index (χ0n) is 11.0. The van der Waals surface area contributed by atoms with E-state index < -0.39 is 0 Å². The summed E-state index contributed by atoms with van der Waals surface area (Å²) in [6.07, 6.45) is 0. The Morgan fingerprint density at radius 2 is 2.00 bits per heavy atom. The lowest BCUT2D eigenvalue weighted by Crippen LogP contribution is -2.27. The Kier molecular flexibility index (Phi) is 4.75. The van der Waals surface area contributed by atoms with Crippen LogP contribution in [0.15, 0.2) is 18.2 Å². The summed E-state index contributed by atoms with van der Waals surface area (Å²) in [6.45, 7) is 6.55. The van der Waals surface area contributed by atoms with Crippen molar-refractivity contribution in [1.82, 2.24) is 0 Å². The van der Waals surface area contributed by atoms with Crippen LogP contribution in [0.2, 0.25) is 0 Å². The maximum Gasteiger partial charge on any atom is 0.148 e. The van der Waals surface area contributed by atoms with Crippen LogP contribution in [0, 0.1) is 5.82 Å². The molecule has 17 heavy (non-hydrogen) atoms. The molecule has 1 unspecified atom stereocenters. The van der Waals surface area contributed by atoms with E-state index in [0.29, 0.717) is 12.2 Å². The molecular weight excluding hydrogens is 217 g/mol. The van der Waals surface area contributed by atoms with Crippen molar-refractivity contribution in [3.63, 3.8) is 0 Å². The quantitative estimate of drug-likeness (QED) is 0.829. The van der Waals surface area contributed by atoms with Crippen LogP contribution < -0.4 is 16.0 Å². The summed E-state index contributed by atoms with van der Waals surface area (Å²) < 4.78 is 13.9. The van der Waals surface area contributed by atoms with E-state index in [-0.39, 0.29) is 17.9 Å². The Morgan fingerprint density at radius 1 is 1.35 bits per heavy atom. The SMILES string of the molecule is CC(CN)Nc1ccc(N(C)C(C)C)c(F)c1. The molecule has 0 aliphatic rings. The molecule has 0 saturated carbocycles. The minimum absolute atomic E-state index is 0.142. The first-order valence-corrected chi connectivity index (χ1v) is 5.94. The van der Waals surface area contributed by atoms with Gasteiger partial charge in [0.05, 0.1) is 5.69 Å². The predicted molar refractivity (Wildman–Crippen MR) is 72.1 cm³/mol. The van der Waals surface area contributed by atoms with Gasteiger partial charge in [-0.1, -0.05) is 0 Å². The molecule has 0 bridgehead atoms. The van der Waals surface area contributed by atoms with Crippen LogP contribution >= 0.6 is 0 Å². The van der Waals surface area contributed by atoms with Gasteiger partial charge in [0.2, 0.25) is 0 Å². The molecule has 3 N–H and O–H groups in total. The fraction of sp³-hybridized carbons (Fsp3) is 0.538. The maximum absolute atomic E-state index is 13.9. The topological polar surface area (TPSA) is 41.3 Å². The fourth-order valence-electron chi connectivity index (χ4n) is 1.50. The van der Waals surface area contributed by atoms with Gasteiger partial charge in [0.1, 0.15) is 5.82 Å². The number of nitrogens with zero attached hydrogens (tertiary/aromatic N) is 1. The molecule has 4 heteroatoms. The van der Waals surface area contributed by atoms with Crippen LogP contribution in [0.1, 0.15) is 20.8 Å². The summed E-state index contributed by atoms with van der Waals surface area (Å²) in [6, 6.07) is 5.60. The highest BCUT2D eigenvalue weighted by atomic mass is 19.1. The first kappa shape index (κ1) is 13.8. The van der Waals surface area contributed by atoms with Crippen molar-refractivity contribution in [2.45, 2.75) is 32.9 Å². The summed E-state index contributed by atoms with van der Waals surface area (Å²) in [5.41, 5.74) is 6.89. The molecule has 1 atom stereocenters. The maximum atomic E-state index is 13.9. The van der Waals surface area contributed by atoms with E-state index in [9.17, 15) is 4.39 Å². The number of hydrogen-bond donors (Lipinski definition) is 2. The third kappa shape index (κ3) is 3.60. The van der Waals surface area contributed by atoms with Crippen LogP contribution in [0.4, 0.5) is 15.8 Å². The van der Waals surface area contributed by atoms with Crippen LogP contribution in [0.3, 0.4) is 0 Å². The highest BCUT2D eigenvalue weighted by molar-refractivity contribution is 5.56. The highest BCUT2D eigenvalue weighted by Gasteiger charge is 2.11. The molecule has 0 fully saturated rings. The van der Waals surface area contributed by atoms with Crippen molar-refractivity contribution in [3.8, 4) is 0 Å². The second-order valence-corrected chi connectivity index (χ2v) is 4.65. The van der Waals surface area contributed by atoms with E-state index in [4.69, 9.17) is 5.73 Å². The van der Waals surface area contributed by atoms with Crippen molar-refractivity contribution in [2.24, 2.45) is 5.73 Å². The van der Waals surface area contributed by atoms with Gasteiger partial charge in [-0.25, -0.2) is 4.39 Å². The molecule has 96 valence electrons. The molecule has 0 heterocycles. The van der Waals surface area contributed by atoms with E-state index in [2.05, 4.69) is 5.32 Å². The van der Waals surface area contributed by atoms with Gasteiger partial charge in [0.15, 0.2) is 0 Å². The first-order chi connectivity index (χ1) is 7.95. The molecule has 0 aliphatic carbocycles. The van der Waals surface area contributed by atoms with Crippen LogP contribution in [0.5, 0.6) is 0 Å². The van der Waals surface area contributed by atoms with E-state index in [1.54, 1.807) is 6.07 Å². The minimum atomic E-state index is -0.213. The largest absolute Gasteiger partial charge is 0.381 e. The zero-order valence-corrected chi connectivity index (χ0v) is 11.0. The number of rotatable bonds is 5. The third-order valence-electron chi connectivity index (χ3n) is 2.87. The number of hydrogen-bond acceptors (Lipinski definition) is 3. The van der Waals surface area contributed by atoms with E-state index in [1.165, 1.54) is 6.07 Å². The summed E-state index contributed by atoms with van der Waals surface area (Å²) in [7, 11) is 1.89. The van der Waals surface area contributed by atoms with Crippen molar-refractivity contribution >= 4 is 11.4 Å². The van der Waals surface area contributed by atoms with E-state index >= 15 is 0 Å². The smallest absolute Gasteiger partial charge is 0.148 e. The minimum Gasteiger partial charge on any atom is -0.381 e. The number of benzene rings is 1. The standard InChI is InChI=1S/C13H22FN3/c1-9(2)17(4)13-6-5-11(7-12(13)14)16-10(3)8-15/h5-7,9-10,16H,8,15H2,1-4H3. The Balaban J connectivity index is 2.86. The molecule has 1 aromatic rings. The van der Waals surface area contributed by atoms with Gasteiger partial charge >= 0.3 is 0 Å². The van der Waals surface area contributed by atoms with Crippen LogP contribution in [-0.2, 0) is 0 Å². The molecular formula is C13H22FN3. The number of nitrogens with two attached hydrogens (primary N) is 1. The van der Waals surface area contributed by atoms with Gasteiger partial charge in [-0.05, 0) is 39.0 Å². The molecule has 0 aliphatic heterocycles. The Morgan fingerprint density at radius 3 is 2.47 bits per heavy atom. The Labute approximate surface area is 103 Å². The number of nitrogens with one attached hydrogen (secondary N) is 1. The van der Waals surface area contributed by atoms with Gasteiger partial charge < -0.3 is 16.0 Å². The lowest BCUT2D eigenvalue weighted by molar-refractivity contribution is 0.613. The normalized spacial score (nSPS) is 12.6. The van der Waals surface area contributed by atoms with Crippen molar-refractivity contribution in [2.75, 3.05) is 23.8 Å². The van der Waals surface area contributed by atoms with Crippen LogP contribution in [0.25, 0.3) is 0 Å². The van der Waals surface area contributed by atoms with Crippen molar-refractivity contribution in [1.29, 1.82) is 0 Å². The lowest BCUT2D eigenvalue weighted by atomic mass is 10.2.